The Kier molecular flexibility index (Phi) is 1.56. The predicted molar refractivity (Wildman–Crippen MR) is 56.2 cm³/mol. The molecule has 0 N–H and O–H groups in total. The molecule has 1 heterocycles. The number of hydrogen-bond acceptors (Lipinski definition) is 2. The highest BCUT2D eigenvalue weighted by molar-refractivity contribution is 7.92. The maximum atomic E-state index is 12.1. The highest BCUT2D eigenvalue weighted by Crippen LogP contribution is 2.42. The van der Waals surface area contributed by atoms with Gasteiger partial charge < -0.3 is 0 Å². The molecule has 2 nitrogen and oxygen atoms in total. The minimum atomic E-state index is -3.30. The van der Waals surface area contributed by atoms with Gasteiger partial charge in [0.2, 0.25) is 9.84 Å². The fraction of sp³-hybridized carbons (Fsp3) is 0. The van der Waals surface area contributed by atoms with Crippen LogP contribution in [0.4, 0.5) is 0 Å². The van der Waals surface area contributed by atoms with Crippen LogP contribution < -0.4 is 0 Å². The Balaban J connectivity index is 2.53. The molecule has 2 aromatic carbocycles. The fourth-order valence-corrected chi connectivity index (χ4v) is 3.55. The van der Waals surface area contributed by atoms with E-state index in [2.05, 4.69) is 6.07 Å². The van der Waals surface area contributed by atoms with E-state index in [1.54, 1.807) is 24.3 Å². The lowest BCUT2D eigenvalue weighted by molar-refractivity contribution is 0.598. The SMILES string of the molecule is O=S1(=O)c2c[c]ccc2-c2ccccc21. The average Bonchev–Trinajstić information content (AvgIpc) is 2.51. The highest BCUT2D eigenvalue weighted by atomic mass is 32.2. The molecule has 0 atom stereocenters. The number of fused-ring (bicyclic) bond motifs is 3. The smallest absolute Gasteiger partial charge is 0.207 e. The monoisotopic (exact) mass is 215 g/mol. The van der Waals surface area contributed by atoms with Crippen molar-refractivity contribution in [3.05, 3.63) is 48.5 Å². The van der Waals surface area contributed by atoms with Crippen LogP contribution in [-0.2, 0) is 9.84 Å². The van der Waals surface area contributed by atoms with Gasteiger partial charge in [0.05, 0.1) is 9.79 Å². The third kappa shape index (κ3) is 1.01. The Morgan fingerprint density at radius 2 is 1.67 bits per heavy atom. The molecule has 0 bridgehead atoms. The van der Waals surface area contributed by atoms with Crippen molar-refractivity contribution < 1.29 is 8.42 Å². The second-order valence-electron chi connectivity index (χ2n) is 3.42. The number of benzene rings is 2. The lowest BCUT2D eigenvalue weighted by atomic mass is 10.1. The van der Waals surface area contributed by atoms with Crippen LogP contribution in [-0.4, -0.2) is 8.42 Å². The molecule has 0 aliphatic carbocycles. The molecule has 1 aliphatic heterocycles. The van der Waals surface area contributed by atoms with Gasteiger partial charge in [0.15, 0.2) is 0 Å². The molecule has 0 fully saturated rings. The topological polar surface area (TPSA) is 34.1 Å². The van der Waals surface area contributed by atoms with E-state index in [-0.39, 0.29) is 0 Å². The van der Waals surface area contributed by atoms with Gasteiger partial charge in [-0.2, -0.15) is 0 Å². The molecule has 0 saturated carbocycles. The zero-order valence-electron chi connectivity index (χ0n) is 7.77. The highest BCUT2D eigenvalue weighted by Gasteiger charge is 2.31. The lowest BCUT2D eigenvalue weighted by Crippen LogP contribution is -1.95. The molecule has 0 unspecified atom stereocenters. The molecular formula is C12H7O2S. The van der Waals surface area contributed by atoms with Gasteiger partial charge in [-0.05, 0) is 18.2 Å². The quantitative estimate of drug-likeness (QED) is 0.576. The Hall–Kier alpha value is -1.61. The first kappa shape index (κ1) is 8.68. The minimum absolute atomic E-state index is 0.367. The molecule has 0 amide bonds. The summed E-state index contributed by atoms with van der Waals surface area (Å²) < 4.78 is 24.1. The molecule has 0 spiro atoms. The van der Waals surface area contributed by atoms with E-state index >= 15 is 0 Å². The van der Waals surface area contributed by atoms with Crippen molar-refractivity contribution in [3.8, 4) is 11.1 Å². The molecule has 15 heavy (non-hydrogen) atoms. The Labute approximate surface area is 88.1 Å². The predicted octanol–water partition coefficient (Wildman–Crippen LogP) is 2.30. The summed E-state index contributed by atoms with van der Waals surface area (Å²) in [6.07, 6.45) is 0. The molecule has 0 aromatic heterocycles. The van der Waals surface area contributed by atoms with Crippen molar-refractivity contribution in [2.24, 2.45) is 0 Å². The van der Waals surface area contributed by atoms with Gasteiger partial charge in [-0.25, -0.2) is 8.42 Å². The van der Waals surface area contributed by atoms with Gasteiger partial charge >= 0.3 is 0 Å². The molecule has 0 saturated heterocycles. The molecule has 73 valence electrons. The molecule has 2 aromatic rings. The van der Waals surface area contributed by atoms with E-state index < -0.39 is 9.84 Å². The fourth-order valence-electron chi connectivity index (χ4n) is 1.90. The standard InChI is InChI=1S/C12H7O2S/c13-15(14)11-7-3-1-5-9(11)10-6-2-4-8-12(10)15/h1-3,5-8H. The van der Waals surface area contributed by atoms with E-state index in [0.29, 0.717) is 9.79 Å². The van der Waals surface area contributed by atoms with Crippen molar-refractivity contribution in [1.82, 2.24) is 0 Å². The van der Waals surface area contributed by atoms with Crippen LogP contribution in [0.2, 0.25) is 0 Å². The molecule has 3 rings (SSSR count). The number of hydrogen-bond donors (Lipinski definition) is 0. The summed E-state index contributed by atoms with van der Waals surface area (Å²) in [6, 6.07) is 14.9. The third-order valence-electron chi connectivity index (χ3n) is 2.58. The van der Waals surface area contributed by atoms with Crippen molar-refractivity contribution in [1.29, 1.82) is 0 Å². The van der Waals surface area contributed by atoms with Crippen molar-refractivity contribution in [2.45, 2.75) is 9.79 Å². The van der Waals surface area contributed by atoms with Crippen molar-refractivity contribution in [2.75, 3.05) is 0 Å². The van der Waals surface area contributed by atoms with Gasteiger partial charge in [-0.1, -0.05) is 30.3 Å². The first-order chi connectivity index (χ1) is 7.21. The zero-order chi connectivity index (χ0) is 10.5. The van der Waals surface area contributed by atoms with Crippen LogP contribution in [0, 0.1) is 6.07 Å². The average molecular weight is 215 g/mol. The summed E-state index contributed by atoms with van der Waals surface area (Å²) in [4.78, 5) is 0.769. The lowest BCUT2D eigenvalue weighted by Gasteiger charge is -1.95. The largest absolute Gasteiger partial charge is 0.218 e. The summed E-state index contributed by atoms with van der Waals surface area (Å²) in [6.45, 7) is 0. The Morgan fingerprint density at radius 1 is 0.933 bits per heavy atom. The van der Waals surface area contributed by atoms with Crippen LogP contribution in [0.3, 0.4) is 0 Å². The van der Waals surface area contributed by atoms with Crippen molar-refractivity contribution >= 4 is 9.84 Å². The van der Waals surface area contributed by atoms with Gasteiger partial charge in [-0.15, -0.1) is 0 Å². The summed E-state index contributed by atoms with van der Waals surface area (Å²) >= 11 is 0. The minimum Gasteiger partial charge on any atom is -0.218 e. The second-order valence-corrected chi connectivity index (χ2v) is 5.31. The van der Waals surface area contributed by atoms with E-state index in [9.17, 15) is 8.42 Å². The summed E-state index contributed by atoms with van der Waals surface area (Å²) in [5.74, 6) is 0. The van der Waals surface area contributed by atoms with Gasteiger partial charge in [0.1, 0.15) is 0 Å². The summed E-state index contributed by atoms with van der Waals surface area (Å²) in [5.41, 5.74) is 1.57. The Morgan fingerprint density at radius 3 is 2.53 bits per heavy atom. The zero-order valence-corrected chi connectivity index (χ0v) is 8.58. The number of sulfone groups is 1. The molecule has 3 heteroatoms. The summed E-state index contributed by atoms with van der Waals surface area (Å²) in [5, 5.41) is 0. The van der Waals surface area contributed by atoms with E-state index in [0.717, 1.165) is 11.1 Å². The second kappa shape index (κ2) is 2.70. The van der Waals surface area contributed by atoms with Gasteiger partial charge in [0, 0.05) is 11.1 Å². The van der Waals surface area contributed by atoms with Crippen LogP contribution in [0.15, 0.2) is 52.3 Å². The van der Waals surface area contributed by atoms with E-state index in [4.69, 9.17) is 0 Å². The van der Waals surface area contributed by atoms with Crippen molar-refractivity contribution in [3.63, 3.8) is 0 Å². The van der Waals surface area contributed by atoms with Crippen LogP contribution >= 0.6 is 0 Å². The van der Waals surface area contributed by atoms with E-state index in [1.165, 1.54) is 6.07 Å². The normalized spacial score (nSPS) is 15.7. The molecule has 1 radical (unpaired) electrons. The first-order valence-corrected chi connectivity index (χ1v) is 6.04. The van der Waals surface area contributed by atoms with Crippen LogP contribution in [0.25, 0.3) is 11.1 Å². The van der Waals surface area contributed by atoms with Crippen LogP contribution in [0.5, 0.6) is 0 Å². The molecular weight excluding hydrogens is 208 g/mol. The molecule has 1 aliphatic rings. The van der Waals surface area contributed by atoms with Gasteiger partial charge in [-0.3, -0.25) is 0 Å². The third-order valence-corrected chi connectivity index (χ3v) is 4.43. The van der Waals surface area contributed by atoms with E-state index in [1.807, 2.05) is 12.1 Å². The first-order valence-electron chi connectivity index (χ1n) is 4.56. The summed E-state index contributed by atoms with van der Waals surface area (Å²) in [7, 11) is -3.30. The van der Waals surface area contributed by atoms with Crippen LogP contribution in [0.1, 0.15) is 0 Å². The van der Waals surface area contributed by atoms with Gasteiger partial charge in [0.25, 0.3) is 0 Å². The maximum Gasteiger partial charge on any atom is 0.207 e. The number of rotatable bonds is 0. The Bertz CT molecular complexity index is 591. The maximum absolute atomic E-state index is 12.1.